The van der Waals surface area contributed by atoms with Gasteiger partial charge in [-0.3, -0.25) is 4.90 Å². The average Bonchev–Trinajstić information content (AvgIpc) is 2.57. The van der Waals surface area contributed by atoms with Crippen LogP contribution in [0.5, 0.6) is 0 Å². The predicted molar refractivity (Wildman–Crippen MR) is 58.6 cm³/mol. The zero-order valence-corrected chi connectivity index (χ0v) is 9.38. The third-order valence-electron chi connectivity index (χ3n) is 2.94. The van der Waals surface area contributed by atoms with Crippen LogP contribution in [0.4, 0.5) is 0 Å². The molecule has 1 atom stereocenters. The molecular weight excluding hydrogens is 196 g/mol. The van der Waals surface area contributed by atoms with Gasteiger partial charge in [0.2, 0.25) is 0 Å². The van der Waals surface area contributed by atoms with Gasteiger partial charge in [-0.25, -0.2) is 4.98 Å². The molecule has 0 unspecified atom stereocenters. The fourth-order valence-corrected chi connectivity index (χ4v) is 2.20. The lowest BCUT2D eigenvalue weighted by Gasteiger charge is -2.19. The van der Waals surface area contributed by atoms with E-state index in [1.54, 1.807) is 0 Å². The van der Waals surface area contributed by atoms with E-state index in [2.05, 4.69) is 23.0 Å². The smallest absolute Gasteiger partial charge is 0.131 e. The van der Waals surface area contributed by atoms with E-state index in [0.29, 0.717) is 11.2 Å². The van der Waals surface area contributed by atoms with Crippen molar-refractivity contribution in [3.63, 3.8) is 0 Å². The minimum Gasteiger partial charge on any atom is -0.299 e. The molecular formula is C11H15ClN2. The third-order valence-corrected chi connectivity index (χ3v) is 3.34. The molecule has 0 aromatic carbocycles. The maximum atomic E-state index is 5.90. The molecule has 1 saturated heterocycles. The normalized spacial score (nSPS) is 22.9. The second-order valence-electron chi connectivity index (χ2n) is 4.01. The number of hydrogen-bond donors (Lipinski definition) is 0. The van der Waals surface area contributed by atoms with Crippen LogP contribution in [-0.2, 0) is 0 Å². The van der Waals surface area contributed by atoms with Crippen molar-refractivity contribution in [2.45, 2.75) is 25.8 Å². The fraction of sp³-hybridized carbons (Fsp3) is 0.545. The molecule has 0 aliphatic carbocycles. The summed E-state index contributed by atoms with van der Waals surface area (Å²) in [6, 6.07) is 2.69. The minimum atomic E-state index is 0.540. The highest BCUT2D eigenvalue weighted by Gasteiger charge is 2.22. The van der Waals surface area contributed by atoms with Crippen LogP contribution in [0, 0.1) is 6.92 Å². The van der Waals surface area contributed by atoms with Gasteiger partial charge in [0, 0.05) is 12.2 Å². The van der Waals surface area contributed by atoms with Gasteiger partial charge in [0.25, 0.3) is 0 Å². The molecule has 0 N–H and O–H groups in total. The zero-order valence-electron chi connectivity index (χ0n) is 8.63. The first-order valence-electron chi connectivity index (χ1n) is 5.01. The quantitative estimate of drug-likeness (QED) is 0.663. The number of pyridine rings is 1. The van der Waals surface area contributed by atoms with Crippen molar-refractivity contribution in [1.29, 1.82) is 0 Å². The Morgan fingerprint density at radius 2 is 2.36 bits per heavy atom. The van der Waals surface area contributed by atoms with Crippen molar-refractivity contribution in [1.82, 2.24) is 9.88 Å². The molecule has 1 aliphatic heterocycles. The Labute approximate surface area is 89.9 Å². The molecule has 14 heavy (non-hydrogen) atoms. The van der Waals surface area contributed by atoms with E-state index in [9.17, 15) is 0 Å². The van der Waals surface area contributed by atoms with Gasteiger partial charge < -0.3 is 0 Å². The van der Waals surface area contributed by atoms with Crippen LogP contribution < -0.4 is 0 Å². The Bertz CT molecular complexity index is 338. The summed E-state index contributed by atoms with van der Waals surface area (Å²) in [6.45, 7) is 3.19. The molecule has 0 saturated carbocycles. The van der Waals surface area contributed by atoms with Crippen LogP contribution in [0.1, 0.15) is 30.0 Å². The molecule has 1 aliphatic rings. The van der Waals surface area contributed by atoms with Gasteiger partial charge in [0.05, 0.1) is 0 Å². The summed E-state index contributed by atoms with van der Waals surface area (Å²) in [6.07, 6.45) is 4.42. The topological polar surface area (TPSA) is 16.1 Å². The van der Waals surface area contributed by atoms with E-state index in [1.165, 1.54) is 24.9 Å². The van der Waals surface area contributed by atoms with E-state index < -0.39 is 0 Å². The summed E-state index contributed by atoms with van der Waals surface area (Å²) in [5, 5.41) is 0.620. The molecule has 2 nitrogen and oxygen atoms in total. The molecule has 0 radical (unpaired) electrons. The second kappa shape index (κ2) is 3.87. The number of aryl methyl sites for hydroxylation is 1. The van der Waals surface area contributed by atoms with Gasteiger partial charge in [0.15, 0.2) is 0 Å². The minimum absolute atomic E-state index is 0.540. The van der Waals surface area contributed by atoms with Gasteiger partial charge in [-0.2, -0.15) is 0 Å². The van der Waals surface area contributed by atoms with Crippen molar-refractivity contribution in [2.75, 3.05) is 13.6 Å². The van der Waals surface area contributed by atoms with Crippen LogP contribution in [0.3, 0.4) is 0 Å². The maximum Gasteiger partial charge on any atom is 0.131 e. The average molecular weight is 211 g/mol. The molecule has 1 aromatic rings. The van der Waals surface area contributed by atoms with Crippen molar-refractivity contribution < 1.29 is 0 Å². The largest absolute Gasteiger partial charge is 0.299 e. The summed E-state index contributed by atoms with van der Waals surface area (Å²) in [5.74, 6) is 0. The monoisotopic (exact) mass is 210 g/mol. The lowest BCUT2D eigenvalue weighted by Crippen LogP contribution is -2.17. The van der Waals surface area contributed by atoms with Crippen LogP contribution in [0.25, 0.3) is 0 Å². The van der Waals surface area contributed by atoms with Gasteiger partial charge >= 0.3 is 0 Å². The zero-order chi connectivity index (χ0) is 10.1. The van der Waals surface area contributed by atoms with Crippen molar-refractivity contribution >= 4 is 11.6 Å². The van der Waals surface area contributed by atoms with E-state index in [0.717, 1.165) is 5.56 Å². The van der Waals surface area contributed by atoms with E-state index in [4.69, 9.17) is 11.6 Å². The van der Waals surface area contributed by atoms with E-state index in [1.807, 2.05) is 13.1 Å². The molecule has 3 heteroatoms. The number of rotatable bonds is 1. The second-order valence-corrected chi connectivity index (χ2v) is 4.37. The molecule has 0 spiro atoms. The lowest BCUT2D eigenvalue weighted by molar-refractivity contribution is 0.317. The maximum absolute atomic E-state index is 5.90. The summed E-state index contributed by atoms with van der Waals surface area (Å²) < 4.78 is 0. The highest BCUT2D eigenvalue weighted by molar-refractivity contribution is 6.30. The van der Waals surface area contributed by atoms with Crippen molar-refractivity contribution in [3.8, 4) is 0 Å². The lowest BCUT2D eigenvalue weighted by atomic mass is 10.1. The molecule has 76 valence electrons. The first-order chi connectivity index (χ1) is 6.68. The van der Waals surface area contributed by atoms with Gasteiger partial charge in [-0.15, -0.1) is 0 Å². The molecule has 1 aromatic heterocycles. The Kier molecular flexibility index (Phi) is 2.75. The van der Waals surface area contributed by atoms with Crippen LogP contribution in [0.2, 0.25) is 5.15 Å². The third kappa shape index (κ3) is 1.77. The summed E-state index contributed by atoms with van der Waals surface area (Å²) in [7, 11) is 2.17. The highest BCUT2D eigenvalue weighted by atomic mass is 35.5. The molecule has 0 bridgehead atoms. The van der Waals surface area contributed by atoms with Gasteiger partial charge in [-0.05, 0) is 50.6 Å². The Balaban J connectivity index is 2.28. The number of hydrogen-bond acceptors (Lipinski definition) is 2. The summed E-state index contributed by atoms with van der Waals surface area (Å²) >= 11 is 5.90. The number of halogens is 1. The Morgan fingerprint density at radius 1 is 1.57 bits per heavy atom. The van der Waals surface area contributed by atoms with Gasteiger partial charge in [0.1, 0.15) is 5.15 Å². The Hall–Kier alpha value is -0.600. The van der Waals surface area contributed by atoms with Crippen LogP contribution in [0.15, 0.2) is 12.3 Å². The number of nitrogens with zero attached hydrogens (tertiary/aromatic N) is 2. The van der Waals surface area contributed by atoms with Crippen molar-refractivity contribution in [3.05, 3.63) is 28.5 Å². The molecule has 0 amide bonds. The van der Waals surface area contributed by atoms with Crippen LogP contribution >= 0.6 is 11.6 Å². The predicted octanol–water partition coefficient (Wildman–Crippen LogP) is 2.81. The van der Waals surface area contributed by atoms with Crippen LogP contribution in [-0.4, -0.2) is 23.5 Å². The standard InChI is InChI=1S/C11H15ClN2/c1-8-6-9(7-13-11(8)12)10-4-3-5-14(10)2/h6-7,10H,3-5H2,1-2H3/t10-/m0/s1. The SMILES string of the molecule is Cc1cc([C@@H]2CCCN2C)cnc1Cl. The molecule has 2 heterocycles. The molecule has 2 rings (SSSR count). The van der Waals surface area contributed by atoms with E-state index in [-0.39, 0.29) is 0 Å². The Morgan fingerprint density at radius 3 is 2.93 bits per heavy atom. The summed E-state index contributed by atoms with van der Waals surface area (Å²) in [5.41, 5.74) is 2.37. The fourth-order valence-electron chi connectivity index (χ4n) is 2.09. The number of likely N-dealkylation sites (tertiary alicyclic amines) is 1. The number of aromatic nitrogens is 1. The highest BCUT2D eigenvalue weighted by Crippen LogP contribution is 2.30. The van der Waals surface area contributed by atoms with Crippen molar-refractivity contribution in [2.24, 2.45) is 0 Å². The molecule has 1 fully saturated rings. The first kappa shape index (κ1) is 9.94. The summed E-state index contributed by atoms with van der Waals surface area (Å²) in [4.78, 5) is 6.58. The van der Waals surface area contributed by atoms with E-state index >= 15 is 0 Å². The van der Waals surface area contributed by atoms with Gasteiger partial charge in [-0.1, -0.05) is 11.6 Å². The first-order valence-corrected chi connectivity index (χ1v) is 5.38.